The second-order valence-electron chi connectivity index (χ2n) is 5.61. The normalized spacial score (nSPS) is 12.5. The molecule has 0 aliphatic carbocycles. The molecule has 1 atom stereocenters. The Morgan fingerprint density at radius 3 is 2.41 bits per heavy atom. The molecule has 116 valence electrons. The van der Waals surface area contributed by atoms with Crippen molar-refractivity contribution in [2.75, 3.05) is 7.11 Å². The summed E-state index contributed by atoms with van der Waals surface area (Å²) in [4.78, 5) is 0. The van der Waals surface area contributed by atoms with Crippen LogP contribution in [-0.2, 0) is 0 Å². The van der Waals surface area contributed by atoms with Gasteiger partial charge in [-0.25, -0.2) is 0 Å². The van der Waals surface area contributed by atoms with Crippen molar-refractivity contribution in [3.63, 3.8) is 0 Å². The number of para-hydroxylation sites is 1. The Morgan fingerprint density at radius 2 is 1.68 bits per heavy atom. The van der Waals surface area contributed by atoms with Gasteiger partial charge in [-0.05, 0) is 18.1 Å². The number of unbranched alkanes of at least 4 members (excludes halogenated alkanes) is 2. The van der Waals surface area contributed by atoms with Crippen LogP contribution in [0.15, 0.2) is 60.7 Å². The van der Waals surface area contributed by atoms with Crippen LogP contribution >= 0.6 is 0 Å². The van der Waals surface area contributed by atoms with E-state index in [-0.39, 0.29) is 0 Å². The van der Waals surface area contributed by atoms with E-state index in [2.05, 4.69) is 67.6 Å². The Bertz CT molecular complexity index is 571. The minimum Gasteiger partial charge on any atom is -0.496 e. The largest absolute Gasteiger partial charge is 0.496 e. The molecule has 0 aliphatic rings. The molecule has 2 aromatic carbocycles. The fraction of sp³-hybridized carbons (Fsp3) is 0.333. The van der Waals surface area contributed by atoms with Crippen molar-refractivity contribution in [3.8, 4) is 5.75 Å². The molecule has 0 spiro atoms. The zero-order chi connectivity index (χ0) is 15.6. The summed E-state index contributed by atoms with van der Waals surface area (Å²) in [5.74, 6) is 1.39. The van der Waals surface area contributed by atoms with Crippen molar-refractivity contribution in [2.45, 2.75) is 38.5 Å². The molecule has 0 amide bonds. The summed E-state index contributed by atoms with van der Waals surface area (Å²) < 4.78 is 5.55. The molecule has 1 unspecified atom stereocenters. The van der Waals surface area contributed by atoms with Gasteiger partial charge in [-0.2, -0.15) is 0 Å². The molecule has 0 saturated heterocycles. The van der Waals surface area contributed by atoms with Gasteiger partial charge in [0, 0.05) is 11.5 Å². The van der Waals surface area contributed by atoms with Gasteiger partial charge in [0.15, 0.2) is 0 Å². The Morgan fingerprint density at radius 1 is 0.955 bits per heavy atom. The van der Waals surface area contributed by atoms with E-state index in [0.29, 0.717) is 5.92 Å². The lowest BCUT2D eigenvalue weighted by atomic mass is 9.91. The summed E-state index contributed by atoms with van der Waals surface area (Å²) in [6.45, 7) is 2.25. The lowest BCUT2D eigenvalue weighted by molar-refractivity contribution is 0.406. The molecule has 0 N–H and O–H groups in total. The summed E-state index contributed by atoms with van der Waals surface area (Å²) in [7, 11) is 1.75. The Hall–Kier alpha value is -2.02. The summed E-state index contributed by atoms with van der Waals surface area (Å²) in [6.07, 6.45) is 9.49. The van der Waals surface area contributed by atoms with Crippen LogP contribution in [0, 0.1) is 0 Å². The average Bonchev–Trinajstić information content (AvgIpc) is 2.59. The van der Waals surface area contributed by atoms with Crippen LogP contribution in [0.5, 0.6) is 5.75 Å². The fourth-order valence-electron chi connectivity index (χ4n) is 2.73. The maximum absolute atomic E-state index is 5.55. The highest BCUT2D eigenvalue weighted by atomic mass is 16.5. The van der Waals surface area contributed by atoms with Gasteiger partial charge in [0.05, 0.1) is 7.11 Å². The molecular formula is C21H26O. The third-order valence-electron chi connectivity index (χ3n) is 3.98. The average molecular weight is 294 g/mol. The van der Waals surface area contributed by atoms with Crippen LogP contribution in [0.25, 0.3) is 6.08 Å². The number of methoxy groups -OCH3 is 1. The molecule has 0 bridgehead atoms. The summed E-state index contributed by atoms with van der Waals surface area (Å²) in [5.41, 5.74) is 2.53. The van der Waals surface area contributed by atoms with E-state index in [1.165, 1.54) is 30.4 Å². The first-order valence-corrected chi connectivity index (χ1v) is 8.21. The monoisotopic (exact) mass is 294 g/mol. The fourth-order valence-corrected chi connectivity index (χ4v) is 2.73. The van der Waals surface area contributed by atoms with Crippen molar-refractivity contribution >= 4 is 6.08 Å². The predicted molar refractivity (Wildman–Crippen MR) is 95.4 cm³/mol. The van der Waals surface area contributed by atoms with Crippen molar-refractivity contribution in [3.05, 3.63) is 71.8 Å². The molecule has 0 aromatic heterocycles. The van der Waals surface area contributed by atoms with E-state index in [1.807, 2.05) is 6.07 Å². The molecule has 1 heteroatoms. The minimum absolute atomic E-state index is 0.405. The first-order valence-electron chi connectivity index (χ1n) is 8.21. The summed E-state index contributed by atoms with van der Waals surface area (Å²) in [6, 6.07) is 18.9. The molecule has 2 rings (SSSR count). The molecule has 0 heterocycles. The molecule has 0 radical (unpaired) electrons. The van der Waals surface area contributed by atoms with E-state index < -0.39 is 0 Å². The second kappa shape index (κ2) is 9.09. The van der Waals surface area contributed by atoms with Gasteiger partial charge in [-0.15, -0.1) is 0 Å². The van der Waals surface area contributed by atoms with Crippen LogP contribution in [0.3, 0.4) is 0 Å². The Balaban J connectivity index is 2.20. The highest BCUT2D eigenvalue weighted by Crippen LogP contribution is 2.32. The highest BCUT2D eigenvalue weighted by molar-refractivity contribution is 5.51. The molecule has 1 nitrogen and oxygen atoms in total. The Labute approximate surface area is 134 Å². The molecule has 0 aliphatic heterocycles. The van der Waals surface area contributed by atoms with Gasteiger partial charge >= 0.3 is 0 Å². The van der Waals surface area contributed by atoms with Gasteiger partial charge in [0.2, 0.25) is 0 Å². The van der Waals surface area contributed by atoms with E-state index in [4.69, 9.17) is 4.74 Å². The highest BCUT2D eigenvalue weighted by Gasteiger charge is 2.12. The van der Waals surface area contributed by atoms with Gasteiger partial charge in [-0.3, -0.25) is 0 Å². The van der Waals surface area contributed by atoms with E-state index in [9.17, 15) is 0 Å². The molecule has 0 fully saturated rings. The van der Waals surface area contributed by atoms with Crippen LogP contribution < -0.4 is 4.74 Å². The van der Waals surface area contributed by atoms with Gasteiger partial charge in [-0.1, -0.05) is 86.9 Å². The van der Waals surface area contributed by atoms with E-state index in [0.717, 1.165) is 12.2 Å². The molecule has 0 saturated carbocycles. The lowest BCUT2D eigenvalue weighted by Gasteiger charge is -2.16. The van der Waals surface area contributed by atoms with E-state index in [1.54, 1.807) is 7.11 Å². The van der Waals surface area contributed by atoms with Crippen LogP contribution in [0.1, 0.15) is 49.7 Å². The SMILES string of the molecule is CCCCCC(/C=C/c1ccccc1)c1ccccc1OC. The number of benzene rings is 2. The third kappa shape index (κ3) is 4.77. The third-order valence-corrected chi connectivity index (χ3v) is 3.98. The van der Waals surface area contributed by atoms with Crippen molar-refractivity contribution in [2.24, 2.45) is 0 Å². The maximum atomic E-state index is 5.55. The topological polar surface area (TPSA) is 9.23 Å². The van der Waals surface area contributed by atoms with Crippen LogP contribution in [0.4, 0.5) is 0 Å². The molecule has 22 heavy (non-hydrogen) atoms. The van der Waals surface area contributed by atoms with Crippen molar-refractivity contribution in [1.82, 2.24) is 0 Å². The number of allylic oxidation sites excluding steroid dienone is 1. The summed E-state index contributed by atoms with van der Waals surface area (Å²) >= 11 is 0. The zero-order valence-corrected chi connectivity index (χ0v) is 13.7. The zero-order valence-electron chi connectivity index (χ0n) is 13.7. The first kappa shape index (κ1) is 16.4. The minimum atomic E-state index is 0.405. The number of hydrogen-bond donors (Lipinski definition) is 0. The van der Waals surface area contributed by atoms with Crippen molar-refractivity contribution in [1.29, 1.82) is 0 Å². The molecular weight excluding hydrogens is 268 g/mol. The number of hydrogen-bond acceptors (Lipinski definition) is 1. The number of rotatable bonds is 8. The maximum Gasteiger partial charge on any atom is 0.122 e. The molecule has 2 aromatic rings. The predicted octanol–water partition coefficient (Wildman–Crippen LogP) is 6.07. The summed E-state index contributed by atoms with van der Waals surface area (Å²) in [5, 5.41) is 0. The lowest BCUT2D eigenvalue weighted by Crippen LogP contribution is -1.99. The van der Waals surface area contributed by atoms with E-state index >= 15 is 0 Å². The smallest absolute Gasteiger partial charge is 0.122 e. The van der Waals surface area contributed by atoms with Crippen LogP contribution in [0.2, 0.25) is 0 Å². The first-order chi connectivity index (χ1) is 10.8. The van der Waals surface area contributed by atoms with Crippen molar-refractivity contribution < 1.29 is 4.74 Å². The second-order valence-corrected chi connectivity index (χ2v) is 5.61. The van der Waals surface area contributed by atoms with Gasteiger partial charge < -0.3 is 4.74 Å². The quantitative estimate of drug-likeness (QED) is 0.537. The Kier molecular flexibility index (Phi) is 6.76. The van der Waals surface area contributed by atoms with Crippen LogP contribution in [-0.4, -0.2) is 7.11 Å². The standard InChI is InChI=1S/C21H26O/c1-3-4-6-13-19(17-16-18-11-7-5-8-12-18)20-14-9-10-15-21(20)22-2/h5,7-12,14-17,19H,3-4,6,13H2,1-2H3/b17-16+. The van der Waals surface area contributed by atoms with Gasteiger partial charge in [0.25, 0.3) is 0 Å². The van der Waals surface area contributed by atoms with Gasteiger partial charge in [0.1, 0.15) is 5.75 Å². The number of ether oxygens (including phenoxy) is 1.